The molecular weight excluding hydrogens is 419 g/mol. The maximum absolute atomic E-state index is 11.4. The summed E-state index contributed by atoms with van der Waals surface area (Å²) in [5, 5.41) is 11.4. The van der Waals surface area contributed by atoms with Gasteiger partial charge in [-0.25, -0.2) is 0 Å². The molecule has 0 amide bonds. The van der Waals surface area contributed by atoms with Crippen LogP contribution in [0.2, 0.25) is 0 Å². The summed E-state index contributed by atoms with van der Waals surface area (Å²) < 4.78 is 0. The van der Waals surface area contributed by atoms with Crippen molar-refractivity contribution in [2.75, 3.05) is 0 Å². The van der Waals surface area contributed by atoms with Gasteiger partial charge in [-0.1, -0.05) is 162 Å². The smallest absolute Gasteiger partial charge is 0.550 e. The average molecular weight is 477 g/mol. The van der Waals surface area contributed by atoms with E-state index >= 15 is 0 Å². The van der Waals surface area contributed by atoms with Crippen LogP contribution in [0.25, 0.3) is 0 Å². The number of rotatable bonds is 26. The van der Waals surface area contributed by atoms with E-state index in [-0.39, 0.29) is 57.3 Å². The number of carbonyl (C=O) groups is 1. The molecule has 0 bridgehead atoms. The number of carboxylic acids is 1. The van der Waals surface area contributed by atoms with Crippen molar-refractivity contribution in [1.82, 2.24) is 0 Å². The minimum absolute atomic E-state index is 0. The summed E-state index contributed by atoms with van der Waals surface area (Å²) >= 11 is 0. The monoisotopic (exact) mass is 476 g/mol. The normalized spacial score (nSPS) is 11.9. The molecular formula is C29H57KO2. The van der Waals surface area contributed by atoms with Crippen molar-refractivity contribution in [3.63, 3.8) is 0 Å². The van der Waals surface area contributed by atoms with Crippen LogP contribution in [0.15, 0.2) is 0 Å². The molecule has 0 radical (unpaired) electrons. The third kappa shape index (κ3) is 27.4. The third-order valence-electron chi connectivity index (χ3n) is 6.90. The summed E-state index contributed by atoms with van der Waals surface area (Å²) in [6.45, 7) is 4.53. The van der Waals surface area contributed by atoms with Crippen LogP contribution >= 0.6 is 0 Å². The molecule has 0 aliphatic rings. The third-order valence-corrected chi connectivity index (χ3v) is 6.90. The zero-order chi connectivity index (χ0) is 22.8. The molecule has 0 saturated heterocycles. The largest absolute Gasteiger partial charge is 1.00 e. The molecule has 0 spiro atoms. The molecule has 0 heterocycles. The van der Waals surface area contributed by atoms with Gasteiger partial charge in [-0.05, 0) is 18.8 Å². The van der Waals surface area contributed by atoms with Gasteiger partial charge in [0.1, 0.15) is 0 Å². The molecule has 1 unspecified atom stereocenters. The van der Waals surface area contributed by atoms with E-state index in [9.17, 15) is 9.90 Å². The summed E-state index contributed by atoms with van der Waals surface area (Å²) in [6, 6.07) is 0. The first-order chi connectivity index (χ1) is 15.2. The fourth-order valence-electron chi connectivity index (χ4n) is 4.67. The molecule has 32 heavy (non-hydrogen) atoms. The topological polar surface area (TPSA) is 40.1 Å². The minimum Gasteiger partial charge on any atom is -0.550 e. The van der Waals surface area contributed by atoms with Crippen LogP contribution in [-0.2, 0) is 4.79 Å². The molecule has 0 aromatic carbocycles. The Morgan fingerprint density at radius 2 is 0.688 bits per heavy atom. The van der Waals surface area contributed by atoms with Crippen molar-refractivity contribution in [1.29, 1.82) is 0 Å². The Kier molecular flexibility index (Phi) is 33.2. The Balaban J connectivity index is 0. The molecule has 186 valence electrons. The maximum atomic E-state index is 11.4. The molecule has 3 heteroatoms. The standard InChI is InChI=1S/C29H58O2.K/c1-3-5-7-9-11-13-14-15-16-17-18-19-21-23-25-27-28(29(30)31)26-24-22-20-12-10-8-6-4-2;/h28H,3-27H2,1-2H3,(H,30,31);/q;+1/p-1. The van der Waals surface area contributed by atoms with Crippen LogP contribution in [0.1, 0.15) is 174 Å². The van der Waals surface area contributed by atoms with Gasteiger partial charge in [0.15, 0.2) is 0 Å². The van der Waals surface area contributed by atoms with Crippen molar-refractivity contribution in [2.24, 2.45) is 5.92 Å². The van der Waals surface area contributed by atoms with Crippen molar-refractivity contribution in [3.05, 3.63) is 0 Å². The number of carbonyl (C=O) groups excluding carboxylic acids is 1. The summed E-state index contributed by atoms with van der Waals surface area (Å²) in [5.41, 5.74) is 0. The van der Waals surface area contributed by atoms with Crippen LogP contribution in [0.3, 0.4) is 0 Å². The van der Waals surface area contributed by atoms with Crippen molar-refractivity contribution >= 4 is 5.97 Å². The summed E-state index contributed by atoms with van der Waals surface area (Å²) in [7, 11) is 0. The SMILES string of the molecule is CCCCCCCCCCCCCCCCCC(CCCCCCCCCC)C(=O)[O-].[K+]. The van der Waals surface area contributed by atoms with Gasteiger partial charge in [0.2, 0.25) is 0 Å². The van der Waals surface area contributed by atoms with Crippen molar-refractivity contribution in [3.8, 4) is 0 Å². The molecule has 1 atom stereocenters. The fraction of sp³-hybridized carbons (Fsp3) is 0.966. The van der Waals surface area contributed by atoms with Crippen molar-refractivity contribution < 1.29 is 61.3 Å². The van der Waals surface area contributed by atoms with Gasteiger partial charge in [0, 0.05) is 5.97 Å². The number of hydrogen-bond donors (Lipinski definition) is 0. The summed E-state index contributed by atoms with van der Waals surface area (Å²) in [6.07, 6.45) is 32.2. The number of unbranched alkanes of at least 4 members (excludes halogenated alkanes) is 21. The van der Waals surface area contributed by atoms with E-state index in [1.807, 2.05) is 0 Å². The minimum atomic E-state index is -0.812. The Labute approximate surface area is 245 Å². The van der Waals surface area contributed by atoms with E-state index in [2.05, 4.69) is 13.8 Å². The van der Waals surface area contributed by atoms with Gasteiger partial charge in [0.05, 0.1) is 0 Å². The molecule has 0 fully saturated rings. The Morgan fingerprint density at radius 1 is 0.469 bits per heavy atom. The summed E-state index contributed by atoms with van der Waals surface area (Å²) in [5.74, 6) is -1.02. The zero-order valence-corrected chi connectivity index (χ0v) is 25.7. The van der Waals surface area contributed by atoms with Crippen LogP contribution in [0.4, 0.5) is 0 Å². The number of carboxylic acid groups (broad SMARTS) is 1. The predicted octanol–water partition coefficient (Wildman–Crippen LogP) is 6.15. The molecule has 2 nitrogen and oxygen atoms in total. The van der Waals surface area contributed by atoms with E-state index < -0.39 is 5.97 Å². The maximum Gasteiger partial charge on any atom is 1.00 e. The second kappa shape index (κ2) is 30.1. The van der Waals surface area contributed by atoms with Crippen LogP contribution in [0.5, 0.6) is 0 Å². The van der Waals surface area contributed by atoms with Crippen LogP contribution in [-0.4, -0.2) is 5.97 Å². The van der Waals surface area contributed by atoms with E-state index in [1.165, 1.54) is 135 Å². The Hall–Kier alpha value is 1.11. The van der Waals surface area contributed by atoms with Gasteiger partial charge in [0.25, 0.3) is 0 Å². The first kappa shape index (κ1) is 35.3. The Bertz CT molecular complexity index is 359. The fourth-order valence-corrected chi connectivity index (χ4v) is 4.67. The van der Waals surface area contributed by atoms with Gasteiger partial charge < -0.3 is 9.90 Å². The van der Waals surface area contributed by atoms with Gasteiger partial charge >= 0.3 is 51.4 Å². The first-order valence-corrected chi connectivity index (χ1v) is 14.4. The van der Waals surface area contributed by atoms with Crippen molar-refractivity contribution in [2.45, 2.75) is 174 Å². The predicted molar refractivity (Wildman–Crippen MR) is 135 cm³/mol. The number of aliphatic carboxylic acids is 1. The second-order valence-corrected chi connectivity index (χ2v) is 10.0. The van der Waals surface area contributed by atoms with Gasteiger partial charge in [-0.3, -0.25) is 0 Å². The van der Waals surface area contributed by atoms with E-state index in [4.69, 9.17) is 0 Å². The number of hydrogen-bond acceptors (Lipinski definition) is 2. The van der Waals surface area contributed by atoms with E-state index in [0.29, 0.717) is 0 Å². The average Bonchev–Trinajstić information content (AvgIpc) is 2.76. The van der Waals surface area contributed by atoms with E-state index in [1.54, 1.807) is 0 Å². The zero-order valence-electron chi connectivity index (χ0n) is 22.6. The second-order valence-electron chi connectivity index (χ2n) is 10.0. The molecule has 0 aliphatic carbocycles. The van der Waals surface area contributed by atoms with Gasteiger partial charge in [-0.2, -0.15) is 0 Å². The molecule has 0 saturated carbocycles. The van der Waals surface area contributed by atoms with Crippen LogP contribution < -0.4 is 56.5 Å². The molecule has 0 aliphatic heterocycles. The quantitative estimate of drug-likeness (QED) is 0.111. The molecule has 0 N–H and O–H groups in total. The Morgan fingerprint density at radius 3 is 0.906 bits per heavy atom. The van der Waals surface area contributed by atoms with Gasteiger partial charge in [-0.15, -0.1) is 0 Å². The summed E-state index contributed by atoms with van der Waals surface area (Å²) in [4.78, 5) is 11.4. The first-order valence-electron chi connectivity index (χ1n) is 14.4. The molecule has 0 aromatic rings. The van der Waals surface area contributed by atoms with Crippen LogP contribution in [0, 0.1) is 5.92 Å². The molecule has 0 rings (SSSR count). The van der Waals surface area contributed by atoms with E-state index in [0.717, 1.165) is 25.7 Å². The molecule has 0 aromatic heterocycles.